The van der Waals surface area contributed by atoms with Crippen molar-refractivity contribution in [2.45, 2.75) is 46.1 Å². The Hall–Kier alpha value is -3.11. The minimum absolute atomic E-state index is 0.000822. The van der Waals surface area contributed by atoms with E-state index in [1.165, 1.54) is 0 Å². The lowest BCUT2D eigenvalue weighted by Gasteiger charge is -2.29. The minimum Gasteiger partial charge on any atom is -0.489 e. The summed E-state index contributed by atoms with van der Waals surface area (Å²) < 4.78 is 11.6. The van der Waals surface area contributed by atoms with E-state index in [1.807, 2.05) is 89.8 Å². The van der Waals surface area contributed by atoms with E-state index < -0.39 is 0 Å². The first kappa shape index (κ1) is 22.6. The van der Waals surface area contributed by atoms with Gasteiger partial charge in [0.1, 0.15) is 19.0 Å². The first-order chi connectivity index (χ1) is 15.2. The van der Waals surface area contributed by atoms with Crippen LogP contribution in [0.3, 0.4) is 0 Å². The van der Waals surface area contributed by atoms with Gasteiger partial charge < -0.3 is 14.4 Å². The van der Waals surface area contributed by atoms with E-state index in [-0.39, 0.29) is 18.6 Å². The van der Waals surface area contributed by atoms with Gasteiger partial charge in [0, 0.05) is 12.6 Å². The van der Waals surface area contributed by atoms with Crippen molar-refractivity contribution >= 4 is 5.91 Å². The van der Waals surface area contributed by atoms with Crippen molar-refractivity contribution in [1.29, 1.82) is 0 Å². The monoisotopic (exact) mass is 417 g/mol. The third-order valence-corrected chi connectivity index (χ3v) is 5.28. The van der Waals surface area contributed by atoms with Crippen LogP contribution in [0.1, 0.15) is 37.0 Å². The molecular formula is C27H31NO3. The summed E-state index contributed by atoms with van der Waals surface area (Å²) in [7, 11) is 0. The Kier molecular flexibility index (Phi) is 8.68. The summed E-state index contributed by atoms with van der Waals surface area (Å²) in [5.41, 5.74) is 3.23. The van der Waals surface area contributed by atoms with Crippen LogP contribution < -0.4 is 4.74 Å². The van der Waals surface area contributed by atoms with Crippen LogP contribution in [0.2, 0.25) is 0 Å². The first-order valence-corrected chi connectivity index (χ1v) is 10.8. The van der Waals surface area contributed by atoms with Gasteiger partial charge in [0.05, 0.1) is 6.61 Å². The topological polar surface area (TPSA) is 38.8 Å². The van der Waals surface area contributed by atoms with Gasteiger partial charge in [-0.05, 0) is 42.2 Å². The van der Waals surface area contributed by atoms with Crippen molar-refractivity contribution in [1.82, 2.24) is 4.90 Å². The summed E-state index contributed by atoms with van der Waals surface area (Å²) in [5, 5.41) is 0. The molecule has 0 aromatic heterocycles. The average Bonchev–Trinajstić information content (AvgIpc) is 2.82. The van der Waals surface area contributed by atoms with Gasteiger partial charge in [0.2, 0.25) is 5.91 Å². The summed E-state index contributed by atoms with van der Waals surface area (Å²) in [6, 6.07) is 28.1. The van der Waals surface area contributed by atoms with Crippen LogP contribution in [0, 0.1) is 0 Å². The fraction of sp³-hybridized carbons (Fsp3) is 0.296. The molecule has 0 aliphatic heterocycles. The molecule has 1 amide bonds. The van der Waals surface area contributed by atoms with Crippen molar-refractivity contribution in [3.63, 3.8) is 0 Å². The van der Waals surface area contributed by atoms with Crippen LogP contribution in [0.25, 0.3) is 0 Å². The molecule has 0 saturated carbocycles. The largest absolute Gasteiger partial charge is 0.489 e. The molecule has 1 unspecified atom stereocenters. The molecule has 3 rings (SSSR count). The van der Waals surface area contributed by atoms with Gasteiger partial charge in [-0.2, -0.15) is 0 Å². The second-order valence-corrected chi connectivity index (χ2v) is 7.68. The number of amides is 1. The molecule has 0 fully saturated rings. The van der Waals surface area contributed by atoms with Gasteiger partial charge in [0.25, 0.3) is 0 Å². The SMILES string of the molecule is CCC(C)N(Cc1cccc(OCc2ccccc2)c1)C(=O)COCc1ccccc1. The van der Waals surface area contributed by atoms with Gasteiger partial charge in [-0.1, -0.05) is 79.7 Å². The average molecular weight is 418 g/mol. The number of ether oxygens (including phenoxy) is 2. The number of hydrogen-bond donors (Lipinski definition) is 0. The Morgan fingerprint density at radius 2 is 1.45 bits per heavy atom. The number of hydrogen-bond acceptors (Lipinski definition) is 3. The van der Waals surface area contributed by atoms with Crippen molar-refractivity contribution in [3.8, 4) is 5.75 Å². The van der Waals surface area contributed by atoms with E-state index >= 15 is 0 Å². The number of carbonyl (C=O) groups is 1. The van der Waals surface area contributed by atoms with Crippen LogP contribution in [0.5, 0.6) is 5.75 Å². The number of rotatable bonds is 11. The standard InChI is InChI=1S/C27H31NO3/c1-3-22(2)28(27(29)21-30-19-23-11-6-4-7-12-23)18-25-15-10-16-26(17-25)31-20-24-13-8-5-9-14-24/h4-17,22H,3,18-21H2,1-2H3. The fourth-order valence-electron chi connectivity index (χ4n) is 3.29. The Morgan fingerprint density at radius 1 is 0.839 bits per heavy atom. The van der Waals surface area contributed by atoms with Gasteiger partial charge in [-0.3, -0.25) is 4.79 Å². The summed E-state index contributed by atoms with van der Waals surface area (Å²) in [5.74, 6) is 0.805. The molecule has 4 nitrogen and oxygen atoms in total. The maximum atomic E-state index is 12.9. The molecule has 162 valence electrons. The predicted octanol–water partition coefficient (Wildman–Crippen LogP) is 5.61. The van der Waals surface area contributed by atoms with Crippen LogP contribution in [-0.4, -0.2) is 23.5 Å². The number of carbonyl (C=O) groups excluding carboxylic acids is 1. The summed E-state index contributed by atoms with van der Waals surface area (Å²) in [6.45, 7) is 5.73. The molecule has 0 spiro atoms. The summed E-state index contributed by atoms with van der Waals surface area (Å²) in [4.78, 5) is 14.8. The van der Waals surface area contributed by atoms with E-state index in [9.17, 15) is 4.79 Å². The zero-order valence-corrected chi connectivity index (χ0v) is 18.4. The van der Waals surface area contributed by atoms with Gasteiger partial charge in [-0.25, -0.2) is 0 Å². The summed E-state index contributed by atoms with van der Waals surface area (Å²) >= 11 is 0. The third-order valence-electron chi connectivity index (χ3n) is 5.28. The third kappa shape index (κ3) is 7.26. The van der Waals surface area contributed by atoms with Gasteiger partial charge in [0.15, 0.2) is 0 Å². The fourth-order valence-corrected chi connectivity index (χ4v) is 3.29. The minimum atomic E-state index is 0.000822. The highest BCUT2D eigenvalue weighted by molar-refractivity contribution is 5.77. The Balaban J connectivity index is 1.58. The molecule has 4 heteroatoms. The summed E-state index contributed by atoms with van der Waals surface area (Å²) in [6.07, 6.45) is 0.884. The molecule has 0 radical (unpaired) electrons. The van der Waals surface area contributed by atoms with Crippen LogP contribution >= 0.6 is 0 Å². The lowest BCUT2D eigenvalue weighted by atomic mass is 10.1. The van der Waals surface area contributed by atoms with Crippen molar-refractivity contribution in [3.05, 3.63) is 102 Å². The zero-order chi connectivity index (χ0) is 21.9. The smallest absolute Gasteiger partial charge is 0.249 e. The van der Waals surface area contributed by atoms with E-state index in [1.54, 1.807) is 0 Å². The second kappa shape index (κ2) is 11.9. The zero-order valence-electron chi connectivity index (χ0n) is 18.4. The normalized spacial score (nSPS) is 11.7. The molecule has 3 aromatic rings. The maximum absolute atomic E-state index is 12.9. The van der Waals surface area contributed by atoms with Gasteiger partial charge in [-0.15, -0.1) is 0 Å². The highest BCUT2D eigenvalue weighted by atomic mass is 16.5. The number of benzene rings is 3. The molecule has 0 bridgehead atoms. The van der Waals surface area contributed by atoms with E-state index in [4.69, 9.17) is 9.47 Å². The lowest BCUT2D eigenvalue weighted by molar-refractivity contribution is -0.139. The van der Waals surface area contributed by atoms with Crippen molar-refractivity contribution < 1.29 is 14.3 Å². The van der Waals surface area contributed by atoms with Crippen LogP contribution in [0.4, 0.5) is 0 Å². The molecule has 1 atom stereocenters. The highest BCUT2D eigenvalue weighted by Crippen LogP contribution is 2.18. The quantitative estimate of drug-likeness (QED) is 0.407. The molecule has 0 aliphatic rings. The van der Waals surface area contributed by atoms with Crippen molar-refractivity contribution in [2.75, 3.05) is 6.61 Å². The Bertz CT molecular complexity index is 927. The lowest BCUT2D eigenvalue weighted by Crippen LogP contribution is -2.40. The molecule has 0 heterocycles. The van der Waals surface area contributed by atoms with Crippen molar-refractivity contribution in [2.24, 2.45) is 0 Å². The maximum Gasteiger partial charge on any atom is 0.249 e. The molecule has 0 aliphatic carbocycles. The Morgan fingerprint density at radius 3 is 2.10 bits per heavy atom. The second-order valence-electron chi connectivity index (χ2n) is 7.68. The van der Waals surface area contributed by atoms with E-state index in [2.05, 4.69) is 13.8 Å². The van der Waals surface area contributed by atoms with Crippen LogP contribution in [0.15, 0.2) is 84.9 Å². The van der Waals surface area contributed by atoms with E-state index in [0.29, 0.717) is 19.8 Å². The number of nitrogens with zero attached hydrogens (tertiary/aromatic N) is 1. The molecule has 3 aromatic carbocycles. The molecule has 0 saturated heterocycles. The van der Waals surface area contributed by atoms with E-state index in [0.717, 1.165) is 28.9 Å². The molecule has 0 N–H and O–H groups in total. The Labute approximate surface area is 185 Å². The molecule has 31 heavy (non-hydrogen) atoms. The predicted molar refractivity (Wildman–Crippen MR) is 124 cm³/mol. The first-order valence-electron chi connectivity index (χ1n) is 10.8. The van der Waals surface area contributed by atoms with Crippen LogP contribution in [-0.2, 0) is 29.3 Å². The molecular weight excluding hydrogens is 386 g/mol. The highest BCUT2D eigenvalue weighted by Gasteiger charge is 2.19. The van der Waals surface area contributed by atoms with Gasteiger partial charge >= 0.3 is 0 Å².